The molecule has 0 radical (unpaired) electrons. The summed E-state index contributed by atoms with van der Waals surface area (Å²) < 4.78 is 31.4. The van der Waals surface area contributed by atoms with E-state index in [-0.39, 0.29) is 18.2 Å². The van der Waals surface area contributed by atoms with Gasteiger partial charge < -0.3 is 23.7 Å². The van der Waals surface area contributed by atoms with E-state index in [1.54, 1.807) is 0 Å². The minimum absolute atomic E-state index is 0.271. The smallest absolute Gasteiger partial charge is 0.163 e. The van der Waals surface area contributed by atoms with Crippen molar-refractivity contribution in [2.45, 2.75) is 76.8 Å². The first-order valence-corrected chi connectivity index (χ1v) is 12.3. The van der Waals surface area contributed by atoms with Gasteiger partial charge in [0.1, 0.15) is 36.7 Å². The Balaban J connectivity index is 1.44. The molecule has 0 saturated carbocycles. The normalized spacial score (nSPS) is 30.2. The van der Waals surface area contributed by atoms with Crippen LogP contribution in [-0.2, 0) is 41.7 Å². The first-order chi connectivity index (χ1) is 16.8. The van der Waals surface area contributed by atoms with Gasteiger partial charge in [-0.3, -0.25) is 4.84 Å². The van der Waals surface area contributed by atoms with Crippen molar-refractivity contribution >= 4 is 0 Å². The molecule has 0 aromatic heterocycles. The van der Waals surface area contributed by atoms with Crippen molar-refractivity contribution in [3.8, 4) is 0 Å². The molecule has 0 bridgehead atoms. The summed E-state index contributed by atoms with van der Waals surface area (Å²) in [5, 5.41) is 1.96. The molecule has 0 spiro atoms. The van der Waals surface area contributed by atoms with Gasteiger partial charge in [0.05, 0.1) is 19.8 Å². The lowest BCUT2D eigenvalue weighted by atomic mass is 9.98. The molecule has 0 N–H and O–H groups in total. The van der Waals surface area contributed by atoms with E-state index in [1.165, 1.54) is 0 Å². The highest BCUT2D eigenvalue weighted by Crippen LogP contribution is 2.40. The average molecular weight is 482 g/mol. The summed E-state index contributed by atoms with van der Waals surface area (Å²) in [6.07, 6.45) is 0.975. The second kappa shape index (κ2) is 10.0. The van der Waals surface area contributed by atoms with E-state index in [4.69, 9.17) is 28.5 Å². The Morgan fingerprint density at radius 2 is 1.49 bits per heavy atom. The fourth-order valence-electron chi connectivity index (χ4n) is 4.90. The summed E-state index contributed by atoms with van der Waals surface area (Å²) >= 11 is 0. The predicted octanol–water partition coefficient (Wildman–Crippen LogP) is 4.57. The lowest BCUT2D eigenvalue weighted by Crippen LogP contribution is -2.53. The minimum Gasteiger partial charge on any atom is -0.492 e. The van der Waals surface area contributed by atoms with Crippen LogP contribution in [0.4, 0.5) is 0 Å². The van der Waals surface area contributed by atoms with Crippen LogP contribution >= 0.6 is 0 Å². The first-order valence-electron chi connectivity index (χ1n) is 12.3. The topological polar surface area (TPSA) is 58.6 Å². The summed E-state index contributed by atoms with van der Waals surface area (Å²) in [7, 11) is 0. The number of hydrogen-bond donors (Lipinski definition) is 0. The maximum Gasteiger partial charge on any atom is 0.163 e. The van der Waals surface area contributed by atoms with Gasteiger partial charge in [0.15, 0.2) is 11.6 Å². The zero-order chi connectivity index (χ0) is 24.5. The van der Waals surface area contributed by atoms with Gasteiger partial charge in [-0.1, -0.05) is 60.7 Å². The van der Waals surface area contributed by atoms with Gasteiger partial charge in [-0.2, -0.15) is 5.06 Å². The highest BCUT2D eigenvalue weighted by molar-refractivity contribution is 5.19. The quantitative estimate of drug-likeness (QED) is 0.574. The van der Waals surface area contributed by atoms with E-state index >= 15 is 0 Å². The fraction of sp³-hybridized carbons (Fsp3) is 0.500. The Labute approximate surface area is 207 Å². The molecular formula is C28H35NO6. The number of nitrogens with zero attached hydrogens (tertiary/aromatic N) is 1. The minimum atomic E-state index is -0.786. The molecule has 0 amide bonds. The fourth-order valence-corrected chi connectivity index (χ4v) is 4.90. The van der Waals surface area contributed by atoms with Crippen molar-refractivity contribution in [2.24, 2.45) is 0 Å². The predicted molar refractivity (Wildman–Crippen MR) is 130 cm³/mol. The van der Waals surface area contributed by atoms with Crippen LogP contribution in [0.2, 0.25) is 0 Å². The molecule has 3 heterocycles. The van der Waals surface area contributed by atoms with Crippen molar-refractivity contribution in [2.75, 3.05) is 13.2 Å². The van der Waals surface area contributed by atoms with Gasteiger partial charge in [0.2, 0.25) is 0 Å². The summed E-state index contributed by atoms with van der Waals surface area (Å²) in [4.78, 5) is 6.18. The molecule has 2 saturated heterocycles. The standard InChI is InChI=1S/C28H35NO6/c1-27(2)31-19-23(33-27)25-26(35-28(3,4)34-25)24-22(30-18-21-13-9-6-10-14-21)15-16-32-29(24)17-20-11-7-5-8-12-20/h5-15,23-26H,16-19H2,1-4H3/t23-,24-,25-,26-/m1/s1. The van der Waals surface area contributed by atoms with Crippen LogP contribution in [0.25, 0.3) is 0 Å². The lowest BCUT2D eigenvalue weighted by molar-refractivity contribution is -0.226. The Morgan fingerprint density at radius 1 is 0.829 bits per heavy atom. The molecule has 2 aromatic carbocycles. The molecule has 0 unspecified atom stereocenters. The maximum absolute atomic E-state index is 6.53. The van der Waals surface area contributed by atoms with E-state index < -0.39 is 17.7 Å². The van der Waals surface area contributed by atoms with Gasteiger partial charge in [-0.15, -0.1) is 0 Å². The van der Waals surface area contributed by atoms with Crippen molar-refractivity contribution in [3.63, 3.8) is 0 Å². The zero-order valence-electron chi connectivity index (χ0n) is 20.9. The summed E-state index contributed by atoms with van der Waals surface area (Å²) in [5.41, 5.74) is 2.24. The van der Waals surface area contributed by atoms with Crippen LogP contribution in [0.15, 0.2) is 72.5 Å². The number of hydrogen-bond acceptors (Lipinski definition) is 7. The molecule has 5 rings (SSSR count). The monoisotopic (exact) mass is 481 g/mol. The number of hydroxylamine groups is 2. The Kier molecular flexibility index (Phi) is 6.99. The van der Waals surface area contributed by atoms with Gasteiger partial charge in [-0.25, -0.2) is 0 Å². The highest BCUT2D eigenvalue weighted by Gasteiger charge is 2.55. The first kappa shape index (κ1) is 24.4. The number of rotatable bonds is 7. The van der Waals surface area contributed by atoms with E-state index in [2.05, 4.69) is 24.3 Å². The molecule has 7 nitrogen and oxygen atoms in total. The Morgan fingerprint density at radius 3 is 2.14 bits per heavy atom. The highest BCUT2D eigenvalue weighted by atomic mass is 16.8. The van der Waals surface area contributed by atoms with Crippen LogP contribution in [0, 0.1) is 0 Å². The average Bonchev–Trinajstić information content (AvgIpc) is 3.36. The van der Waals surface area contributed by atoms with Crippen molar-refractivity contribution in [1.82, 2.24) is 5.06 Å². The van der Waals surface area contributed by atoms with Gasteiger partial charge in [0, 0.05) is 0 Å². The second-order valence-corrected chi connectivity index (χ2v) is 10.1. The van der Waals surface area contributed by atoms with Crippen molar-refractivity contribution < 1.29 is 28.5 Å². The molecule has 0 aliphatic carbocycles. The van der Waals surface area contributed by atoms with Crippen LogP contribution in [0.3, 0.4) is 0 Å². The van der Waals surface area contributed by atoms with Crippen LogP contribution in [0.5, 0.6) is 0 Å². The summed E-state index contributed by atoms with van der Waals surface area (Å²) in [6.45, 7) is 9.60. The molecule has 35 heavy (non-hydrogen) atoms. The van der Waals surface area contributed by atoms with E-state index in [0.717, 1.165) is 16.9 Å². The summed E-state index contributed by atoms with van der Waals surface area (Å²) in [6, 6.07) is 20.1. The largest absolute Gasteiger partial charge is 0.492 e. The van der Waals surface area contributed by atoms with Gasteiger partial charge in [0.25, 0.3) is 0 Å². The van der Waals surface area contributed by atoms with E-state index in [9.17, 15) is 0 Å². The molecular weight excluding hydrogens is 446 g/mol. The molecule has 7 heteroatoms. The molecule has 188 valence electrons. The van der Waals surface area contributed by atoms with E-state index in [0.29, 0.717) is 26.4 Å². The maximum atomic E-state index is 6.53. The SMILES string of the molecule is CC1(C)O[C@H]([C@H]2C(OCc3ccccc3)=CCON2Cc2ccccc2)[C@@H]([C@H]2COC(C)(C)O2)O1. The molecule has 2 fully saturated rings. The zero-order valence-corrected chi connectivity index (χ0v) is 20.9. The molecule has 2 aromatic rings. The third-order valence-corrected chi connectivity index (χ3v) is 6.43. The third-order valence-electron chi connectivity index (χ3n) is 6.43. The van der Waals surface area contributed by atoms with Gasteiger partial charge in [-0.05, 0) is 44.9 Å². The number of ether oxygens (including phenoxy) is 5. The summed E-state index contributed by atoms with van der Waals surface area (Å²) in [5.74, 6) is -0.641. The van der Waals surface area contributed by atoms with Crippen LogP contribution in [0.1, 0.15) is 38.8 Å². The van der Waals surface area contributed by atoms with E-state index in [1.807, 2.05) is 75.2 Å². The van der Waals surface area contributed by atoms with Crippen molar-refractivity contribution in [3.05, 3.63) is 83.6 Å². The third kappa shape index (κ3) is 5.77. The molecule has 3 aliphatic rings. The Bertz CT molecular complexity index is 1010. The van der Waals surface area contributed by atoms with Crippen LogP contribution < -0.4 is 0 Å². The molecule has 4 atom stereocenters. The van der Waals surface area contributed by atoms with Crippen molar-refractivity contribution in [1.29, 1.82) is 0 Å². The Hall–Kier alpha value is -2.26. The van der Waals surface area contributed by atoms with Crippen LogP contribution in [-0.4, -0.2) is 54.2 Å². The van der Waals surface area contributed by atoms with Gasteiger partial charge >= 0.3 is 0 Å². The second-order valence-electron chi connectivity index (χ2n) is 10.1. The molecule has 3 aliphatic heterocycles. The number of benzene rings is 2. The lowest BCUT2D eigenvalue weighted by Gasteiger charge is -2.39.